The normalized spacial score (nSPS) is 20.2. The van der Waals surface area contributed by atoms with Crippen LogP contribution in [0.4, 0.5) is 5.13 Å². The Morgan fingerprint density at radius 1 is 1.26 bits per heavy atom. The minimum absolute atomic E-state index is 0.0171. The molecule has 1 aromatic carbocycles. The van der Waals surface area contributed by atoms with Gasteiger partial charge in [-0.15, -0.1) is 11.3 Å². The monoisotopic (exact) mass is 539 g/mol. The van der Waals surface area contributed by atoms with Gasteiger partial charge in [-0.25, -0.2) is 13.4 Å². The van der Waals surface area contributed by atoms with Crippen molar-refractivity contribution in [1.29, 1.82) is 0 Å². The second-order valence-corrected chi connectivity index (χ2v) is 13.2. The first-order chi connectivity index (χ1) is 16.3. The number of sulfonamides is 1. The van der Waals surface area contributed by atoms with Crippen LogP contribution in [0.5, 0.6) is 0 Å². The van der Waals surface area contributed by atoms with Gasteiger partial charge in [0.1, 0.15) is 4.21 Å². The summed E-state index contributed by atoms with van der Waals surface area (Å²) in [6.07, 6.45) is 2.83. The molecule has 0 saturated carbocycles. The number of hydrogen-bond acceptors (Lipinski definition) is 7. The number of anilines is 1. The number of hydrogen-bond donors (Lipinski definition) is 0. The molecule has 11 heteroatoms. The molecule has 0 radical (unpaired) electrons. The number of ether oxygens (including phenoxy) is 1. The van der Waals surface area contributed by atoms with Crippen LogP contribution < -0.4 is 4.90 Å². The Morgan fingerprint density at radius 2 is 2.06 bits per heavy atom. The lowest BCUT2D eigenvalue weighted by atomic mass is 9.96. The standard InChI is InChI=1S/C23H26ClN3O4S3/c1-15-6-7-18(24)21-20(15)25-23(33-21)27(14-17-4-2-12-31-17)22(28)16-8-10-26(11-9-16)34(29,30)19-5-3-13-32-19/h3,5-7,13,16-17H,2,4,8-12,14H2,1H3. The molecule has 2 fully saturated rings. The molecule has 2 saturated heterocycles. The van der Waals surface area contributed by atoms with Gasteiger partial charge < -0.3 is 4.74 Å². The molecule has 0 bridgehead atoms. The van der Waals surface area contributed by atoms with E-state index in [1.165, 1.54) is 27.0 Å². The van der Waals surface area contributed by atoms with Crippen molar-refractivity contribution in [3.05, 3.63) is 40.2 Å². The third-order valence-electron chi connectivity index (χ3n) is 6.49. The summed E-state index contributed by atoms with van der Waals surface area (Å²) in [4.78, 5) is 20.3. The highest BCUT2D eigenvalue weighted by Gasteiger charge is 2.36. The molecule has 0 N–H and O–H groups in total. The van der Waals surface area contributed by atoms with Crippen LogP contribution >= 0.6 is 34.3 Å². The van der Waals surface area contributed by atoms with Crippen molar-refractivity contribution in [1.82, 2.24) is 9.29 Å². The number of thiophene rings is 1. The van der Waals surface area contributed by atoms with Crippen LogP contribution in [0.2, 0.25) is 5.02 Å². The highest BCUT2D eigenvalue weighted by Crippen LogP contribution is 2.37. The second-order valence-electron chi connectivity index (χ2n) is 8.73. The minimum Gasteiger partial charge on any atom is -0.376 e. The lowest BCUT2D eigenvalue weighted by Gasteiger charge is -2.33. The van der Waals surface area contributed by atoms with Gasteiger partial charge in [0.05, 0.1) is 27.9 Å². The van der Waals surface area contributed by atoms with Crippen LogP contribution in [-0.2, 0) is 19.6 Å². The van der Waals surface area contributed by atoms with Gasteiger partial charge in [0.25, 0.3) is 10.0 Å². The SMILES string of the molecule is Cc1ccc(Cl)c2sc(N(CC3CCCO3)C(=O)C3CCN(S(=O)(=O)c4cccs4)CC3)nc12. The Balaban J connectivity index is 1.37. The van der Waals surface area contributed by atoms with E-state index in [4.69, 9.17) is 21.3 Å². The summed E-state index contributed by atoms with van der Waals surface area (Å²) in [5.41, 5.74) is 1.83. The average molecular weight is 540 g/mol. The lowest BCUT2D eigenvalue weighted by Crippen LogP contribution is -2.46. The molecule has 7 nitrogen and oxygen atoms in total. The number of halogens is 1. The molecule has 34 heavy (non-hydrogen) atoms. The molecule has 1 unspecified atom stereocenters. The molecule has 3 aromatic rings. The first-order valence-corrected chi connectivity index (χ1v) is 14.9. The van der Waals surface area contributed by atoms with E-state index in [0.717, 1.165) is 28.6 Å². The molecule has 182 valence electrons. The van der Waals surface area contributed by atoms with E-state index in [2.05, 4.69) is 0 Å². The number of nitrogens with zero attached hydrogens (tertiary/aromatic N) is 3. The number of carbonyl (C=O) groups is 1. The molecule has 1 amide bonds. The molecular weight excluding hydrogens is 514 g/mol. The third kappa shape index (κ3) is 4.64. The van der Waals surface area contributed by atoms with E-state index in [1.54, 1.807) is 22.4 Å². The number of amides is 1. The highest BCUT2D eigenvalue weighted by molar-refractivity contribution is 7.91. The first-order valence-electron chi connectivity index (χ1n) is 11.4. The van der Waals surface area contributed by atoms with Crippen molar-refractivity contribution >= 4 is 65.6 Å². The molecular formula is C23H26ClN3O4S3. The number of thiazole rings is 1. The van der Waals surface area contributed by atoms with Crippen LogP contribution in [0.15, 0.2) is 33.9 Å². The number of carbonyl (C=O) groups excluding carboxylic acids is 1. The van der Waals surface area contributed by atoms with Crippen molar-refractivity contribution < 1.29 is 17.9 Å². The summed E-state index contributed by atoms with van der Waals surface area (Å²) in [5, 5.41) is 3.01. The predicted octanol–water partition coefficient (Wildman–Crippen LogP) is 4.93. The summed E-state index contributed by atoms with van der Waals surface area (Å²) < 4.78 is 34.3. The van der Waals surface area contributed by atoms with Crippen LogP contribution in [0.25, 0.3) is 10.2 Å². The third-order valence-corrected chi connectivity index (χ3v) is 11.3. The topological polar surface area (TPSA) is 79.8 Å². The zero-order chi connectivity index (χ0) is 23.9. The largest absolute Gasteiger partial charge is 0.376 e. The summed E-state index contributed by atoms with van der Waals surface area (Å²) >= 11 is 9.07. The van der Waals surface area contributed by atoms with Crippen molar-refractivity contribution in [2.45, 2.75) is 42.9 Å². The van der Waals surface area contributed by atoms with Crippen LogP contribution in [0.1, 0.15) is 31.2 Å². The molecule has 0 spiro atoms. The van der Waals surface area contributed by atoms with Gasteiger partial charge in [0.15, 0.2) is 5.13 Å². The molecule has 4 heterocycles. The fourth-order valence-corrected chi connectivity index (χ4v) is 8.51. The number of aromatic nitrogens is 1. The Hall–Kier alpha value is -1.56. The van der Waals surface area contributed by atoms with Gasteiger partial charge in [-0.1, -0.05) is 35.1 Å². The summed E-state index contributed by atoms with van der Waals surface area (Å²) in [5.74, 6) is -0.281. The van der Waals surface area contributed by atoms with Gasteiger partial charge in [-0.05, 0) is 55.7 Å². The van der Waals surface area contributed by atoms with Crippen LogP contribution in [0.3, 0.4) is 0 Å². The van der Waals surface area contributed by atoms with Crippen LogP contribution in [-0.4, -0.2) is 56.0 Å². The molecule has 2 aliphatic rings. The second kappa shape index (κ2) is 9.83. The number of fused-ring (bicyclic) bond motifs is 1. The summed E-state index contributed by atoms with van der Waals surface area (Å²) in [7, 11) is -3.50. The Kier molecular flexibility index (Phi) is 6.98. The fraction of sp³-hybridized carbons (Fsp3) is 0.478. The van der Waals surface area contributed by atoms with E-state index in [0.29, 0.717) is 53.4 Å². The van der Waals surface area contributed by atoms with E-state index in [9.17, 15) is 13.2 Å². The molecule has 2 aromatic heterocycles. The van der Waals surface area contributed by atoms with E-state index in [-0.39, 0.29) is 17.9 Å². The smallest absolute Gasteiger partial charge is 0.252 e. The van der Waals surface area contributed by atoms with Gasteiger partial charge in [0, 0.05) is 25.6 Å². The summed E-state index contributed by atoms with van der Waals surface area (Å²) in [6.45, 7) is 3.79. The number of benzene rings is 1. The molecule has 0 aliphatic carbocycles. The van der Waals surface area contributed by atoms with Crippen molar-refractivity contribution in [3.8, 4) is 0 Å². The molecule has 2 aliphatic heterocycles. The zero-order valence-electron chi connectivity index (χ0n) is 18.8. The lowest BCUT2D eigenvalue weighted by molar-refractivity contribution is -0.123. The number of piperidine rings is 1. The number of aryl methyl sites for hydroxylation is 1. The van der Waals surface area contributed by atoms with Gasteiger partial charge in [-0.2, -0.15) is 4.31 Å². The maximum absolute atomic E-state index is 13.8. The number of rotatable bonds is 6. The van der Waals surface area contributed by atoms with Crippen LogP contribution in [0, 0.1) is 12.8 Å². The van der Waals surface area contributed by atoms with Gasteiger partial charge in [0.2, 0.25) is 5.91 Å². The average Bonchev–Trinajstić information content (AvgIpc) is 3.61. The van der Waals surface area contributed by atoms with Gasteiger partial charge in [-0.3, -0.25) is 9.69 Å². The van der Waals surface area contributed by atoms with E-state index >= 15 is 0 Å². The van der Waals surface area contributed by atoms with Gasteiger partial charge >= 0.3 is 0 Å². The highest BCUT2D eigenvalue weighted by atomic mass is 35.5. The van der Waals surface area contributed by atoms with E-state index in [1.807, 2.05) is 19.1 Å². The minimum atomic E-state index is -3.50. The maximum Gasteiger partial charge on any atom is 0.252 e. The zero-order valence-corrected chi connectivity index (χ0v) is 22.0. The Bertz CT molecular complexity index is 1240. The molecule has 5 rings (SSSR count). The summed E-state index contributed by atoms with van der Waals surface area (Å²) in [6, 6.07) is 7.16. The van der Waals surface area contributed by atoms with Crippen molar-refractivity contribution in [3.63, 3.8) is 0 Å². The fourth-order valence-electron chi connectivity index (χ4n) is 4.56. The molecule has 1 atom stereocenters. The quantitative estimate of drug-likeness (QED) is 0.443. The van der Waals surface area contributed by atoms with E-state index < -0.39 is 10.0 Å². The Morgan fingerprint density at radius 3 is 2.71 bits per heavy atom. The first kappa shape index (κ1) is 24.1. The van der Waals surface area contributed by atoms with Crippen molar-refractivity contribution in [2.24, 2.45) is 5.92 Å². The van der Waals surface area contributed by atoms with Crippen molar-refractivity contribution in [2.75, 3.05) is 31.1 Å². The predicted molar refractivity (Wildman–Crippen MR) is 136 cm³/mol. The maximum atomic E-state index is 13.8. The Labute approximate surface area is 212 Å².